The van der Waals surface area contributed by atoms with Crippen LogP contribution in [-0.4, -0.2) is 0 Å². The molecule has 0 aliphatic heterocycles. The number of hydrogen-bond donors (Lipinski definition) is 0. The first kappa shape index (κ1) is 13.1. The highest BCUT2D eigenvalue weighted by Gasteiger charge is 2.28. The van der Waals surface area contributed by atoms with Crippen molar-refractivity contribution in [2.24, 2.45) is 0 Å². The van der Waals surface area contributed by atoms with Gasteiger partial charge in [0.2, 0.25) is 0 Å². The molecule has 94 valence electrons. The zero-order valence-electron chi connectivity index (χ0n) is 9.43. The largest absolute Gasteiger partial charge is 0.590 e. The van der Waals surface area contributed by atoms with Crippen LogP contribution in [0.3, 0.4) is 0 Å². The molecule has 0 spiro atoms. The topological polar surface area (TPSA) is 44.8 Å². The lowest BCUT2D eigenvalue weighted by Crippen LogP contribution is -2.00. The summed E-state index contributed by atoms with van der Waals surface area (Å²) in [7, 11) is -1.78. The van der Waals surface area contributed by atoms with Crippen molar-refractivity contribution >= 4 is 17.3 Å². The van der Waals surface area contributed by atoms with Crippen LogP contribution in [-0.2, 0) is 8.88 Å². The van der Waals surface area contributed by atoms with Crippen molar-refractivity contribution in [3.05, 3.63) is 60.7 Å². The summed E-state index contributed by atoms with van der Waals surface area (Å²) in [5.41, 5.74) is 0. The minimum absolute atomic E-state index is 0.416. The van der Waals surface area contributed by atoms with Gasteiger partial charge in [0.1, 0.15) is 11.5 Å². The van der Waals surface area contributed by atoms with Gasteiger partial charge in [-0.05, 0) is 24.3 Å². The number of benzene rings is 2. The normalized spacial score (nSPS) is 10.9. The Balaban J connectivity index is 2.14. The van der Waals surface area contributed by atoms with Crippen LogP contribution in [0.25, 0.3) is 0 Å². The second kappa shape index (κ2) is 6.01. The number of phosphoric acid groups is 1. The zero-order chi connectivity index (χ0) is 12.8. The molecule has 0 heterocycles. The van der Waals surface area contributed by atoms with Crippen LogP contribution >= 0.6 is 17.3 Å². The van der Waals surface area contributed by atoms with Gasteiger partial charge in [-0.2, -0.15) is 0 Å². The quantitative estimate of drug-likeness (QED) is 0.776. The molecule has 0 aliphatic carbocycles. The van der Waals surface area contributed by atoms with E-state index >= 15 is 0 Å². The van der Waals surface area contributed by atoms with Crippen LogP contribution in [0.15, 0.2) is 60.7 Å². The summed E-state index contributed by atoms with van der Waals surface area (Å²) in [6.45, 7) is 0. The summed E-state index contributed by atoms with van der Waals surface area (Å²) >= 11 is 0. The van der Waals surface area contributed by atoms with Crippen LogP contribution in [0.1, 0.15) is 0 Å². The Labute approximate surface area is 108 Å². The highest BCUT2D eigenvalue weighted by Crippen LogP contribution is 2.51. The Morgan fingerprint density at radius 2 is 1.17 bits per heavy atom. The van der Waals surface area contributed by atoms with E-state index in [1.165, 1.54) is 0 Å². The molecule has 18 heavy (non-hydrogen) atoms. The lowest BCUT2D eigenvalue weighted by atomic mass is 10.3. The van der Waals surface area contributed by atoms with Crippen molar-refractivity contribution in [1.82, 2.24) is 0 Å². The molecule has 2 aromatic rings. The second-order valence-electron chi connectivity index (χ2n) is 3.36. The standard InChI is InChI=1S/C12H12O4P2/c13-18(16-17,14-11-7-3-1-4-8-11)15-12-9-5-2-6-10-12/h1-10H,17H2. The third-order valence-electron chi connectivity index (χ3n) is 2.05. The van der Waals surface area contributed by atoms with Crippen LogP contribution in [0, 0.1) is 0 Å². The van der Waals surface area contributed by atoms with E-state index < -0.39 is 7.82 Å². The zero-order valence-corrected chi connectivity index (χ0v) is 11.5. The lowest BCUT2D eigenvalue weighted by molar-refractivity contribution is 0.313. The molecule has 6 heteroatoms. The molecule has 0 amide bonds. The number of para-hydroxylation sites is 2. The van der Waals surface area contributed by atoms with Crippen molar-refractivity contribution in [3.63, 3.8) is 0 Å². The molecular weight excluding hydrogens is 270 g/mol. The maximum Gasteiger partial charge on any atom is 0.590 e. The molecule has 1 unspecified atom stereocenters. The highest BCUT2D eigenvalue weighted by atomic mass is 31.2. The van der Waals surface area contributed by atoms with Crippen molar-refractivity contribution in [3.8, 4) is 11.5 Å². The van der Waals surface area contributed by atoms with Crippen LogP contribution in [0.2, 0.25) is 0 Å². The first-order valence-corrected chi connectivity index (χ1v) is 7.13. The van der Waals surface area contributed by atoms with Gasteiger partial charge in [-0.3, -0.25) is 4.31 Å². The van der Waals surface area contributed by atoms with E-state index in [0.717, 1.165) is 0 Å². The fourth-order valence-corrected chi connectivity index (χ4v) is 2.42. The van der Waals surface area contributed by atoms with Crippen molar-refractivity contribution < 1.29 is 17.9 Å². The van der Waals surface area contributed by atoms with Gasteiger partial charge in [0, 0.05) is 9.47 Å². The molecule has 0 aliphatic rings. The third-order valence-corrected chi connectivity index (χ3v) is 3.95. The van der Waals surface area contributed by atoms with Gasteiger partial charge in [0.05, 0.1) is 0 Å². The van der Waals surface area contributed by atoms with Crippen molar-refractivity contribution in [2.75, 3.05) is 0 Å². The highest BCUT2D eigenvalue weighted by molar-refractivity contribution is 7.53. The van der Waals surface area contributed by atoms with E-state index in [2.05, 4.69) is 0 Å². The van der Waals surface area contributed by atoms with Gasteiger partial charge < -0.3 is 9.05 Å². The predicted molar refractivity (Wildman–Crippen MR) is 72.5 cm³/mol. The Hall–Kier alpha value is -1.34. The molecule has 1 atom stereocenters. The predicted octanol–water partition coefficient (Wildman–Crippen LogP) is 4.06. The minimum Gasteiger partial charge on any atom is -0.395 e. The molecule has 2 rings (SSSR count). The monoisotopic (exact) mass is 282 g/mol. The molecule has 4 nitrogen and oxygen atoms in total. The van der Waals surface area contributed by atoms with E-state index in [-0.39, 0.29) is 0 Å². The smallest absolute Gasteiger partial charge is 0.395 e. The summed E-state index contributed by atoms with van der Waals surface area (Å²) in [5, 5.41) is 0. The number of phosphoric ester groups is 1. The van der Waals surface area contributed by atoms with Crippen molar-refractivity contribution in [2.45, 2.75) is 0 Å². The minimum atomic E-state index is -3.68. The van der Waals surface area contributed by atoms with E-state index in [1.807, 2.05) is 21.6 Å². The van der Waals surface area contributed by atoms with E-state index in [0.29, 0.717) is 11.5 Å². The maximum absolute atomic E-state index is 12.2. The molecule has 0 saturated carbocycles. The molecular formula is C12H12O4P2. The average Bonchev–Trinajstić information content (AvgIpc) is 2.41. The first-order chi connectivity index (χ1) is 8.72. The Kier molecular flexibility index (Phi) is 4.38. The Morgan fingerprint density at radius 1 is 0.778 bits per heavy atom. The maximum atomic E-state index is 12.2. The first-order valence-electron chi connectivity index (χ1n) is 5.20. The average molecular weight is 282 g/mol. The Morgan fingerprint density at radius 3 is 1.50 bits per heavy atom. The number of hydrogen-bond acceptors (Lipinski definition) is 4. The van der Waals surface area contributed by atoms with Gasteiger partial charge in [-0.1, -0.05) is 36.4 Å². The summed E-state index contributed by atoms with van der Waals surface area (Å²) in [5.74, 6) is 0.832. The second-order valence-corrected chi connectivity index (χ2v) is 5.46. The number of rotatable bonds is 5. The molecule has 2 aromatic carbocycles. The third kappa shape index (κ3) is 3.58. The van der Waals surface area contributed by atoms with E-state index in [1.54, 1.807) is 48.5 Å². The van der Waals surface area contributed by atoms with Crippen molar-refractivity contribution in [1.29, 1.82) is 0 Å². The summed E-state index contributed by atoms with van der Waals surface area (Å²) in [6, 6.07) is 17.4. The molecule has 0 N–H and O–H groups in total. The van der Waals surface area contributed by atoms with Gasteiger partial charge in [-0.15, -0.1) is 0 Å². The van der Waals surface area contributed by atoms with E-state index in [9.17, 15) is 4.57 Å². The molecule has 0 aromatic heterocycles. The Bertz CT molecular complexity index is 485. The molecule has 0 bridgehead atoms. The molecule has 0 fully saturated rings. The van der Waals surface area contributed by atoms with Gasteiger partial charge in [0.25, 0.3) is 0 Å². The van der Waals surface area contributed by atoms with Gasteiger partial charge >= 0.3 is 7.82 Å². The van der Waals surface area contributed by atoms with Crippen LogP contribution in [0.4, 0.5) is 0 Å². The summed E-state index contributed by atoms with van der Waals surface area (Å²) < 4.78 is 27.5. The van der Waals surface area contributed by atoms with Gasteiger partial charge in [0.15, 0.2) is 0 Å². The molecule has 0 saturated heterocycles. The fourth-order valence-electron chi connectivity index (χ4n) is 1.28. The summed E-state index contributed by atoms with van der Waals surface area (Å²) in [4.78, 5) is 0. The summed E-state index contributed by atoms with van der Waals surface area (Å²) in [6.07, 6.45) is 0. The SMILES string of the molecule is O=P(OP)(Oc1ccccc1)Oc1ccccc1. The lowest BCUT2D eigenvalue weighted by Gasteiger charge is -2.16. The van der Waals surface area contributed by atoms with Gasteiger partial charge in [-0.25, -0.2) is 4.57 Å². The fraction of sp³-hybridized carbons (Fsp3) is 0. The van der Waals surface area contributed by atoms with Crippen LogP contribution in [0.5, 0.6) is 11.5 Å². The van der Waals surface area contributed by atoms with E-state index in [4.69, 9.17) is 13.4 Å². The molecule has 0 radical (unpaired) electrons. The van der Waals surface area contributed by atoms with Crippen LogP contribution < -0.4 is 9.05 Å².